The summed E-state index contributed by atoms with van der Waals surface area (Å²) in [4.78, 5) is 0. The van der Waals surface area contributed by atoms with E-state index in [1.54, 1.807) is 6.07 Å². The molecular weight excluding hydrogens is 268 g/mol. The molecule has 0 bridgehead atoms. The highest BCUT2D eigenvalue weighted by Crippen LogP contribution is 2.34. The average Bonchev–Trinajstić information content (AvgIpc) is 2.47. The van der Waals surface area contributed by atoms with Crippen LogP contribution >= 0.6 is 0 Å². The third-order valence-electron chi connectivity index (χ3n) is 4.72. The number of aryl methyl sites for hydroxylation is 1. The van der Waals surface area contributed by atoms with Gasteiger partial charge in [-0.15, -0.1) is 0 Å². The van der Waals surface area contributed by atoms with Crippen LogP contribution in [0.15, 0.2) is 12.1 Å². The van der Waals surface area contributed by atoms with E-state index in [0.717, 1.165) is 12.3 Å². The van der Waals surface area contributed by atoms with Gasteiger partial charge in [-0.25, -0.2) is 8.78 Å². The molecule has 0 unspecified atom stereocenters. The minimum Gasteiger partial charge on any atom is -0.205 e. The minimum absolute atomic E-state index is 0.473. The molecule has 1 aromatic rings. The molecule has 1 aliphatic rings. The van der Waals surface area contributed by atoms with Crippen molar-refractivity contribution in [3.8, 4) is 6.07 Å². The van der Waals surface area contributed by atoms with Crippen molar-refractivity contribution >= 4 is 0 Å². The number of benzene rings is 1. The maximum atomic E-state index is 13.6. The quantitative estimate of drug-likeness (QED) is 0.715. The van der Waals surface area contributed by atoms with Crippen LogP contribution in [0.4, 0.5) is 8.78 Å². The van der Waals surface area contributed by atoms with Gasteiger partial charge in [0.25, 0.3) is 0 Å². The van der Waals surface area contributed by atoms with Gasteiger partial charge in [0, 0.05) is 0 Å². The van der Waals surface area contributed by atoms with Crippen LogP contribution in [0.25, 0.3) is 0 Å². The van der Waals surface area contributed by atoms with Crippen LogP contribution in [0.5, 0.6) is 0 Å². The fourth-order valence-electron chi connectivity index (χ4n) is 3.46. The zero-order valence-corrected chi connectivity index (χ0v) is 12.7. The second-order valence-corrected chi connectivity index (χ2v) is 6.26. The van der Waals surface area contributed by atoms with Gasteiger partial charge in [-0.1, -0.05) is 45.4 Å². The van der Waals surface area contributed by atoms with Crippen molar-refractivity contribution in [2.45, 2.75) is 58.3 Å². The summed E-state index contributed by atoms with van der Waals surface area (Å²) in [5.41, 5.74) is 0.193. The lowest BCUT2D eigenvalue weighted by Gasteiger charge is -2.28. The van der Waals surface area contributed by atoms with Gasteiger partial charge in [0.15, 0.2) is 0 Å². The van der Waals surface area contributed by atoms with Gasteiger partial charge in [-0.05, 0) is 42.4 Å². The number of hydrogen-bond acceptors (Lipinski definition) is 1. The summed E-state index contributed by atoms with van der Waals surface area (Å²) in [5, 5.41) is 8.66. The van der Waals surface area contributed by atoms with E-state index in [1.807, 2.05) is 0 Å². The van der Waals surface area contributed by atoms with Crippen molar-refractivity contribution in [3.63, 3.8) is 0 Å². The highest BCUT2D eigenvalue weighted by molar-refractivity contribution is 5.35. The van der Waals surface area contributed by atoms with E-state index in [-0.39, 0.29) is 0 Å². The molecule has 0 amide bonds. The first-order valence-corrected chi connectivity index (χ1v) is 8.02. The van der Waals surface area contributed by atoms with Crippen molar-refractivity contribution < 1.29 is 8.78 Å². The lowest BCUT2D eigenvalue weighted by molar-refractivity contribution is 0.252. The highest BCUT2D eigenvalue weighted by atomic mass is 19.1. The van der Waals surface area contributed by atoms with Crippen LogP contribution in [-0.2, 0) is 6.42 Å². The molecule has 0 heterocycles. The Morgan fingerprint density at radius 2 is 1.57 bits per heavy atom. The van der Waals surface area contributed by atoms with Crippen molar-refractivity contribution in [2.24, 2.45) is 11.8 Å². The Labute approximate surface area is 126 Å². The lowest BCUT2D eigenvalue weighted by Crippen LogP contribution is -2.15. The molecule has 1 saturated carbocycles. The molecule has 0 atom stereocenters. The summed E-state index contributed by atoms with van der Waals surface area (Å²) in [5.74, 6) is 0.0919. The number of halogens is 2. The molecular formula is C18H23F2N. The summed E-state index contributed by atoms with van der Waals surface area (Å²) in [7, 11) is 0. The molecule has 0 aromatic heterocycles. The Morgan fingerprint density at radius 3 is 2.05 bits per heavy atom. The zero-order valence-electron chi connectivity index (χ0n) is 12.7. The van der Waals surface area contributed by atoms with Crippen LogP contribution in [0, 0.1) is 34.8 Å². The Kier molecular flexibility index (Phi) is 5.73. The normalized spacial score (nSPS) is 22.0. The number of rotatable bonds is 5. The van der Waals surface area contributed by atoms with E-state index < -0.39 is 17.2 Å². The standard InChI is InChI=1S/C18H23F2N/c1-2-3-13-4-6-14(7-5-13)8-9-15-10-17(19)16(12-21)18(20)11-15/h10-11,13-14H,2-9H2,1H3. The summed E-state index contributed by atoms with van der Waals surface area (Å²) < 4.78 is 27.1. The molecule has 1 aliphatic carbocycles. The topological polar surface area (TPSA) is 23.8 Å². The van der Waals surface area contributed by atoms with Crippen LogP contribution < -0.4 is 0 Å². The fourth-order valence-corrected chi connectivity index (χ4v) is 3.46. The predicted molar refractivity (Wildman–Crippen MR) is 79.8 cm³/mol. The molecule has 1 nitrogen and oxygen atoms in total. The Morgan fingerprint density at radius 1 is 1.05 bits per heavy atom. The molecule has 114 valence electrons. The van der Waals surface area contributed by atoms with E-state index >= 15 is 0 Å². The summed E-state index contributed by atoms with van der Waals surface area (Å²) >= 11 is 0. The summed E-state index contributed by atoms with van der Waals surface area (Å²) in [6.07, 6.45) is 9.37. The van der Waals surface area contributed by atoms with Crippen LogP contribution in [0.2, 0.25) is 0 Å². The fraction of sp³-hybridized carbons (Fsp3) is 0.611. The second-order valence-electron chi connectivity index (χ2n) is 6.26. The molecule has 0 radical (unpaired) electrons. The molecule has 2 rings (SSSR count). The number of nitriles is 1. The lowest BCUT2D eigenvalue weighted by atomic mass is 9.78. The average molecular weight is 291 g/mol. The van der Waals surface area contributed by atoms with E-state index in [1.165, 1.54) is 50.7 Å². The monoisotopic (exact) mass is 291 g/mol. The third kappa shape index (κ3) is 4.27. The van der Waals surface area contributed by atoms with Crippen molar-refractivity contribution in [1.82, 2.24) is 0 Å². The first-order chi connectivity index (χ1) is 10.1. The Balaban J connectivity index is 1.86. The van der Waals surface area contributed by atoms with E-state index in [2.05, 4.69) is 6.92 Å². The molecule has 0 aliphatic heterocycles. The summed E-state index contributed by atoms with van der Waals surface area (Å²) in [6.45, 7) is 2.24. The maximum Gasteiger partial charge on any atom is 0.144 e. The maximum absolute atomic E-state index is 13.6. The van der Waals surface area contributed by atoms with Gasteiger partial charge in [0.1, 0.15) is 23.3 Å². The Bertz CT molecular complexity index is 487. The third-order valence-corrected chi connectivity index (χ3v) is 4.72. The van der Waals surface area contributed by atoms with Gasteiger partial charge in [0.05, 0.1) is 0 Å². The smallest absolute Gasteiger partial charge is 0.144 e. The van der Waals surface area contributed by atoms with Crippen molar-refractivity contribution in [3.05, 3.63) is 34.9 Å². The first kappa shape index (κ1) is 15.9. The molecule has 3 heteroatoms. The number of hydrogen-bond donors (Lipinski definition) is 0. The SMILES string of the molecule is CCCC1CCC(CCc2cc(F)c(C#N)c(F)c2)CC1. The highest BCUT2D eigenvalue weighted by Gasteiger charge is 2.20. The molecule has 0 saturated heterocycles. The Hall–Kier alpha value is -1.43. The first-order valence-electron chi connectivity index (χ1n) is 8.02. The zero-order chi connectivity index (χ0) is 15.2. The van der Waals surface area contributed by atoms with Crippen LogP contribution in [-0.4, -0.2) is 0 Å². The van der Waals surface area contributed by atoms with Crippen molar-refractivity contribution in [2.75, 3.05) is 0 Å². The van der Waals surface area contributed by atoms with Crippen LogP contribution in [0.3, 0.4) is 0 Å². The second kappa shape index (κ2) is 7.54. The molecule has 0 N–H and O–H groups in total. The van der Waals surface area contributed by atoms with E-state index in [4.69, 9.17) is 5.26 Å². The van der Waals surface area contributed by atoms with Gasteiger partial charge < -0.3 is 0 Å². The molecule has 1 fully saturated rings. The van der Waals surface area contributed by atoms with Gasteiger partial charge in [0.2, 0.25) is 0 Å². The van der Waals surface area contributed by atoms with Crippen LogP contribution in [0.1, 0.15) is 63.0 Å². The van der Waals surface area contributed by atoms with Gasteiger partial charge in [-0.2, -0.15) is 5.26 Å². The molecule has 1 aromatic carbocycles. The molecule has 21 heavy (non-hydrogen) atoms. The minimum atomic E-state index is -0.737. The summed E-state index contributed by atoms with van der Waals surface area (Å²) in [6, 6.07) is 4.18. The van der Waals surface area contributed by atoms with Gasteiger partial charge >= 0.3 is 0 Å². The predicted octanol–water partition coefficient (Wildman–Crippen LogP) is 5.38. The number of nitrogens with zero attached hydrogens (tertiary/aromatic N) is 1. The van der Waals surface area contributed by atoms with E-state index in [0.29, 0.717) is 17.9 Å². The largest absolute Gasteiger partial charge is 0.205 e. The van der Waals surface area contributed by atoms with Crippen molar-refractivity contribution in [1.29, 1.82) is 5.26 Å². The van der Waals surface area contributed by atoms with E-state index in [9.17, 15) is 8.78 Å². The van der Waals surface area contributed by atoms with Gasteiger partial charge in [-0.3, -0.25) is 0 Å². The molecule has 0 spiro atoms.